The zero-order chi connectivity index (χ0) is 16.6. The summed E-state index contributed by atoms with van der Waals surface area (Å²) < 4.78 is 29.0. The number of halogens is 2. The standard InChI is InChI=1S/C18H18F2N2O/c1-11(21)12-4-2-5-13(10-12)14-7-8-15(18(20)17(14)19)22-9-3-6-16(22)23/h2,4-5,7-8,10-11H,3,6,9,21H2,1H3. The van der Waals surface area contributed by atoms with Gasteiger partial charge in [-0.2, -0.15) is 0 Å². The van der Waals surface area contributed by atoms with Crippen LogP contribution in [0.25, 0.3) is 11.1 Å². The number of hydrogen-bond acceptors (Lipinski definition) is 2. The number of nitrogens with zero attached hydrogens (tertiary/aromatic N) is 1. The van der Waals surface area contributed by atoms with E-state index in [0.717, 1.165) is 5.56 Å². The zero-order valence-electron chi connectivity index (χ0n) is 12.9. The second-order valence-electron chi connectivity index (χ2n) is 5.82. The Kier molecular flexibility index (Phi) is 4.13. The summed E-state index contributed by atoms with van der Waals surface area (Å²) in [6, 6.07) is 9.87. The Morgan fingerprint density at radius 3 is 2.61 bits per heavy atom. The molecule has 5 heteroatoms. The number of carbonyl (C=O) groups excluding carboxylic acids is 1. The molecule has 1 aliphatic rings. The first kappa shape index (κ1) is 15.6. The first-order valence-corrected chi connectivity index (χ1v) is 7.63. The predicted octanol–water partition coefficient (Wildman–Crippen LogP) is 3.78. The fraction of sp³-hybridized carbons (Fsp3) is 0.278. The first-order chi connectivity index (χ1) is 11.0. The fourth-order valence-electron chi connectivity index (χ4n) is 2.86. The summed E-state index contributed by atoms with van der Waals surface area (Å²) in [4.78, 5) is 13.0. The molecule has 120 valence electrons. The van der Waals surface area contributed by atoms with Crippen LogP contribution in [0.15, 0.2) is 36.4 Å². The molecular weight excluding hydrogens is 298 g/mol. The number of rotatable bonds is 3. The third-order valence-corrected chi connectivity index (χ3v) is 4.15. The molecule has 23 heavy (non-hydrogen) atoms. The van der Waals surface area contributed by atoms with E-state index in [1.165, 1.54) is 17.0 Å². The van der Waals surface area contributed by atoms with Gasteiger partial charge in [0.15, 0.2) is 11.6 Å². The van der Waals surface area contributed by atoms with Gasteiger partial charge >= 0.3 is 0 Å². The molecule has 0 radical (unpaired) electrons. The van der Waals surface area contributed by atoms with Crippen molar-refractivity contribution >= 4 is 11.6 Å². The molecule has 0 aliphatic carbocycles. The lowest BCUT2D eigenvalue weighted by molar-refractivity contribution is -0.117. The summed E-state index contributed by atoms with van der Waals surface area (Å²) in [7, 11) is 0. The average Bonchev–Trinajstić information content (AvgIpc) is 2.96. The summed E-state index contributed by atoms with van der Waals surface area (Å²) in [5.74, 6) is -2.09. The highest BCUT2D eigenvalue weighted by Gasteiger charge is 2.26. The molecule has 1 saturated heterocycles. The molecular formula is C18H18F2N2O. The lowest BCUT2D eigenvalue weighted by Gasteiger charge is -2.18. The minimum absolute atomic E-state index is 0.0112. The molecule has 1 atom stereocenters. The van der Waals surface area contributed by atoms with Crippen LogP contribution in [0.3, 0.4) is 0 Å². The van der Waals surface area contributed by atoms with Crippen molar-refractivity contribution in [3.05, 3.63) is 53.6 Å². The number of carbonyl (C=O) groups is 1. The van der Waals surface area contributed by atoms with Crippen molar-refractivity contribution in [1.29, 1.82) is 0 Å². The molecule has 1 aliphatic heterocycles. The Hall–Kier alpha value is -2.27. The van der Waals surface area contributed by atoms with Gasteiger partial charge in [-0.15, -0.1) is 0 Å². The normalized spacial score (nSPS) is 16.0. The van der Waals surface area contributed by atoms with Crippen molar-refractivity contribution in [2.45, 2.75) is 25.8 Å². The average molecular weight is 316 g/mol. The molecule has 1 amide bonds. The van der Waals surface area contributed by atoms with Gasteiger partial charge in [0.05, 0.1) is 5.69 Å². The third-order valence-electron chi connectivity index (χ3n) is 4.15. The summed E-state index contributed by atoms with van der Waals surface area (Å²) in [6.45, 7) is 2.26. The van der Waals surface area contributed by atoms with E-state index < -0.39 is 11.6 Å². The van der Waals surface area contributed by atoms with Gasteiger partial charge in [0, 0.05) is 24.6 Å². The number of nitrogens with two attached hydrogens (primary N) is 1. The van der Waals surface area contributed by atoms with E-state index in [0.29, 0.717) is 24.9 Å². The Balaban J connectivity index is 2.04. The Morgan fingerprint density at radius 2 is 1.96 bits per heavy atom. The molecule has 1 fully saturated rings. The topological polar surface area (TPSA) is 46.3 Å². The summed E-state index contributed by atoms with van der Waals surface area (Å²) >= 11 is 0. The Morgan fingerprint density at radius 1 is 1.17 bits per heavy atom. The molecule has 2 N–H and O–H groups in total. The zero-order valence-corrected chi connectivity index (χ0v) is 12.9. The summed E-state index contributed by atoms with van der Waals surface area (Å²) in [5, 5.41) is 0. The Bertz CT molecular complexity index is 759. The first-order valence-electron chi connectivity index (χ1n) is 7.63. The molecule has 2 aromatic carbocycles. The van der Waals surface area contributed by atoms with E-state index in [2.05, 4.69) is 0 Å². The lowest BCUT2D eigenvalue weighted by Crippen LogP contribution is -2.25. The fourth-order valence-corrected chi connectivity index (χ4v) is 2.86. The monoisotopic (exact) mass is 316 g/mol. The maximum Gasteiger partial charge on any atom is 0.227 e. The second-order valence-corrected chi connectivity index (χ2v) is 5.82. The van der Waals surface area contributed by atoms with Crippen LogP contribution in [0.5, 0.6) is 0 Å². The van der Waals surface area contributed by atoms with Crippen LogP contribution in [0.1, 0.15) is 31.4 Å². The summed E-state index contributed by atoms with van der Waals surface area (Å²) in [5.41, 5.74) is 7.43. The van der Waals surface area contributed by atoms with Crippen LogP contribution < -0.4 is 10.6 Å². The highest BCUT2D eigenvalue weighted by molar-refractivity contribution is 5.95. The van der Waals surface area contributed by atoms with Gasteiger partial charge in [-0.1, -0.05) is 18.2 Å². The van der Waals surface area contributed by atoms with E-state index in [9.17, 15) is 13.6 Å². The maximum atomic E-state index is 14.5. The van der Waals surface area contributed by atoms with Gasteiger partial charge in [0.1, 0.15) is 0 Å². The van der Waals surface area contributed by atoms with E-state index in [1.54, 1.807) is 18.2 Å². The molecule has 1 heterocycles. The van der Waals surface area contributed by atoms with Crippen molar-refractivity contribution < 1.29 is 13.6 Å². The third kappa shape index (κ3) is 2.84. The van der Waals surface area contributed by atoms with Crippen LogP contribution in [0.4, 0.5) is 14.5 Å². The van der Waals surface area contributed by atoms with Crippen molar-refractivity contribution in [3.8, 4) is 11.1 Å². The highest BCUT2D eigenvalue weighted by Crippen LogP contribution is 2.33. The molecule has 3 nitrogen and oxygen atoms in total. The SMILES string of the molecule is CC(N)c1cccc(-c2ccc(N3CCCC3=O)c(F)c2F)c1. The van der Waals surface area contributed by atoms with Gasteiger partial charge in [-0.05, 0) is 42.7 Å². The van der Waals surface area contributed by atoms with Crippen LogP contribution in [0.2, 0.25) is 0 Å². The maximum absolute atomic E-state index is 14.5. The number of amides is 1. The van der Waals surface area contributed by atoms with E-state index in [-0.39, 0.29) is 23.2 Å². The smallest absolute Gasteiger partial charge is 0.227 e. The molecule has 0 spiro atoms. The van der Waals surface area contributed by atoms with Gasteiger partial charge in [-0.25, -0.2) is 8.78 Å². The number of anilines is 1. The predicted molar refractivity (Wildman–Crippen MR) is 86.0 cm³/mol. The van der Waals surface area contributed by atoms with Crippen molar-refractivity contribution in [1.82, 2.24) is 0 Å². The van der Waals surface area contributed by atoms with E-state index >= 15 is 0 Å². The minimum atomic E-state index is -0.982. The van der Waals surface area contributed by atoms with Crippen molar-refractivity contribution in [3.63, 3.8) is 0 Å². The van der Waals surface area contributed by atoms with Crippen molar-refractivity contribution in [2.24, 2.45) is 5.73 Å². The molecule has 0 aromatic heterocycles. The van der Waals surface area contributed by atoms with Gasteiger partial charge in [0.2, 0.25) is 5.91 Å². The molecule has 0 saturated carbocycles. The van der Waals surface area contributed by atoms with Crippen LogP contribution in [0, 0.1) is 11.6 Å². The van der Waals surface area contributed by atoms with Gasteiger partial charge in [-0.3, -0.25) is 4.79 Å². The largest absolute Gasteiger partial charge is 0.324 e. The van der Waals surface area contributed by atoms with Gasteiger partial charge in [0.25, 0.3) is 0 Å². The highest BCUT2D eigenvalue weighted by atomic mass is 19.2. The van der Waals surface area contributed by atoms with E-state index in [4.69, 9.17) is 5.73 Å². The summed E-state index contributed by atoms with van der Waals surface area (Å²) in [6.07, 6.45) is 1.04. The van der Waals surface area contributed by atoms with Gasteiger partial charge < -0.3 is 10.6 Å². The minimum Gasteiger partial charge on any atom is -0.324 e. The lowest BCUT2D eigenvalue weighted by atomic mass is 9.99. The quantitative estimate of drug-likeness (QED) is 0.936. The van der Waals surface area contributed by atoms with Crippen LogP contribution in [-0.4, -0.2) is 12.5 Å². The van der Waals surface area contributed by atoms with Crippen LogP contribution in [-0.2, 0) is 4.79 Å². The second kappa shape index (κ2) is 6.08. The molecule has 2 aromatic rings. The number of benzene rings is 2. The van der Waals surface area contributed by atoms with E-state index in [1.807, 2.05) is 13.0 Å². The molecule has 0 bridgehead atoms. The number of hydrogen-bond donors (Lipinski definition) is 1. The van der Waals surface area contributed by atoms with Crippen molar-refractivity contribution in [2.75, 3.05) is 11.4 Å². The van der Waals surface area contributed by atoms with Crippen LogP contribution >= 0.6 is 0 Å². The molecule has 3 rings (SSSR count). The Labute approximate surface area is 133 Å². The molecule has 1 unspecified atom stereocenters.